The Morgan fingerprint density at radius 2 is 1.97 bits per heavy atom. The van der Waals surface area contributed by atoms with Crippen LogP contribution in [0.5, 0.6) is 5.75 Å². The van der Waals surface area contributed by atoms with Crippen molar-refractivity contribution in [3.8, 4) is 5.75 Å². The lowest BCUT2D eigenvalue weighted by Gasteiger charge is -2.28. The van der Waals surface area contributed by atoms with E-state index in [0.717, 1.165) is 34.7 Å². The number of hydrogen-bond donors (Lipinski definition) is 4. The molecule has 3 aromatic rings. The quantitative estimate of drug-likeness (QED) is 0.372. The van der Waals surface area contributed by atoms with Crippen LogP contribution in [0.2, 0.25) is 0 Å². The largest absolute Gasteiger partial charge is 0.493 e. The zero-order valence-corrected chi connectivity index (χ0v) is 21.1. The highest BCUT2D eigenvalue weighted by molar-refractivity contribution is 6.07. The van der Waals surface area contributed by atoms with E-state index in [9.17, 15) is 19.5 Å². The molecule has 4 N–H and O–H groups in total. The maximum absolute atomic E-state index is 13.6. The predicted molar refractivity (Wildman–Crippen MR) is 145 cm³/mol. The van der Waals surface area contributed by atoms with E-state index in [-0.39, 0.29) is 24.8 Å². The number of aliphatic imine (C=N–C) groups is 1. The number of carbonyl (C=O) groups excluding carboxylic acids is 2. The zero-order chi connectivity index (χ0) is 26.9. The maximum Gasteiger partial charge on any atom is 0.305 e. The van der Waals surface area contributed by atoms with E-state index in [1.165, 1.54) is 0 Å². The summed E-state index contributed by atoms with van der Waals surface area (Å²) < 4.78 is 5.67. The highest BCUT2D eigenvalue weighted by atomic mass is 16.5. The summed E-state index contributed by atoms with van der Waals surface area (Å²) in [6.07, 6.45) is 0.459. The average Bonchev–Trinajstić information content (AvgIpc) is 3.68. The molecule has 39 heavy (non-hydrogen) atoms. The van der Waals surface area contributed by atoms with Gasteiger partial charge in [0.2, 0.25) is 0 Å². The number of hydrogen-bond acceptors (Lipinski definition) is 7. The van der Waals surface area contributed by atoms with Crippen LogP contribution in [0.15, 0.2) is 65.7 Å². The van der Waals surface area contributed by atoms with Gasteiger partial charge in [-0.05, 0) is 47.5 Å². The Hall–Kier alpha value is -4.86. The minimum absolute atomic E-state index is 0.216. The van der Waals surface area contributed by atoms with Crippen molar-refractivity contribution < 1.29 is 24.2 Å². The molecule has 0 bridgehead atoms. The van der Waals surface area contributed by atoms with Gasteiger partial charge in [0.15, 0.2) is 5.96 Å². The van der Waals surface area contributed by atoms with Crippen molar-refractivity contribution in [2.24, 2.45) is 4.99 Å². The molecule has 0 fully saturated rings. The second kappa shape index (κ2) is 10.1. The second-order valence-electron chi connectivity index (χ2n) is 9.66. The monoisotopic (exact) mass is 525 g/mol. The number of carbonyl (C=O) groups is 3. The number of nitrogens with zero attached hydrogens (tertiary/aromatic N) is 2. The molecule has 2 amide bonds. The van der Waals surface area contributed by atoms with E-state index >= 15 is 0 Å². The number of fused-ring (bicyclic) bond motifs is 2. The van der Waals surface area contributed by atoms with Gasteiger partial charge in [0.25, 0.3) is 11.8 Å². The molecule has 0 saturated carbocycles. The molecular weight excluding hydrogens is 498 g/mol. The van der Waals surface area contributed by atoms with Crippen LogP contribution >= 0.6 is 0 Å². The Kier molecular flexibility index (Phi) is 6.36. The average molecular weight is 526 g/mol. The Morgan fingerprint density at radius 1 is 1.10 bits per heavy atom. The van der Waals surface area contributed by atoms with Crippen molar-refractivity contribution in [3.05, 3.63) is 88.5 Å². The Labute approximate surface area is 224 Å². The number of nitrogens with one attached hydrogen (secondary N) is 3. The first kappa shape index (κ1) is 24.5. The molecule has 0 saturated heterocycles. The van der Waals surface area contributed by atoms with Crippen molar-refractivity contribution in [3.63, 3.8) is 0 Å². The molecule has 0 radical (unpaired) electrons. The molecule has 3 aromatic carbocycles. The van der Waals surface area contributed by atoms with Crippen molar-refractivity contribution in [2.75, 3.05) is 30.3 Å². The fourth-order valence-corrected chi connectivity index (χ4v) is 5.33. The van der Waals surface area contributed by atoms with E-state index in [1.54, 1.807) is 41.3 Å². The highest BCUT2D eigenvalue weighted by Crippen LogP contribution is 2.39. The van der Waals surface area contributed by atoms with Crippen LogP contribution in [0.4, 0.5) is 11.4 Å². The lowest BCUT2D eigenvalue weighted by atomic mass is 9.95. The molecule has 10 heteroatoms. The number of aliphatic carboxylic acids is 1. The normalized spacial score (nSPS) is 16.1. The van der Waals surface area contributed by atoms with Gasteiger partial charge in [-0.25, -0.2) is 0 Å². The van der Waals surface area contributed by atoms with Crippen LogP contribution in [0.25, 0.3) is 0 Å². The molecule has 3 aliphatic heterocycles. The van der Waals surface area contributed by atoms with Gasteiger partial charge in [-0.15, -0.1) is 0 Å². The van der Waals surface area contributed by atoms with E-state index in [4.69, 9.17) is 4.74 Å². The lowest BCUT2D eigenvalue weighted by Crippen LogP contribution is -2.31. The molecule has 3 aliphatic rings. The van der Waals surface area contributed by atoms with Crippen molar-refractivity contribution in [1.29, 1.82) is 0 Å². The van der Waals surface area contributed by atoms with Crippen LogP contribution in [-0.4, -0.2) is 53.4 Å². The summed E-state index contributed by atoms with van der Waals surface area (Å²) in [6, 6.07) is 17.2. The molecule has 0 aliphatic carbocycles. The van der Waals surface area contributed by atoms with Gasteiger partial charge in [-0.2, -0.15) is 0 Å². The Morgan fingerprint density at radius 3 is 2.79 bits per heavy atom. The lowest BCUT2D eigenvalue weighted by molar-refractivity contribution is -0.138. The van der Waals surface area contributed by atoms with Gasteiger partial charge in [-0.1, -0.05) is 24.3 Å². The van der Waals surface area contributed by atoms with Gasteiger partial charge < -0.3 is 30.7 Å². The Balaban J connectivity index is 1.21. The number of carboxylic acid groups (broad SMARTS) is 1. The first-order valence-corrected chi connectivity index (χ1v) is 12.8. The van der Waals surface area contributed by atoms with Crippen LogP contribution in [0, 0.1) is 0 Å². The summed E-state index contributed by atoms with van der Waals surface area (Å²) >= 11 is 0. The fraction of sp³-hybridized carbons (Fsp3) is 0.241. The molecule has 0 spiro atoms. The van der Waals surface area contributed by atoms with Gasteiger partial charge >= 0.3 is 5.97 Å². The molecule has 0 aromatic heterocycles. The summed E-state index contributed by atoms with van der Waals surface area (Å²) in [5.74, 6) is -0.154. The smallest absolute Gasteiger partial charge is 0.305 e. The van der Waals surface area contributed by atoms with E-state index in [2.05, 4.69) is 20.9 Å². The zero-order valence-electron chi connectivity index (χ0n) is 21.1. The third-order valence-corrected chi connectivity index (χ3v) is 7.14. The molecule has 1 atom stereocenters. The van der Waals surface area contributed by atoms with Gasteiger partial charge in [0, 0.05) is 47.6 Å². The van der Waals surface area contributed by atoms with Gasteiger partial charge in [-0.3, -0.25) is 19.4 Å². The number of carboxylic acids is 1. The highest BCUT2D eigenvalue weighted by Gasteiger charge is 2.36. The molecule has 1 unspecified atom stereocenters. The minimum Gasteiger partial charge on any atom is -0.493 e. The number of guanidine groups is 1. The van der Waals surface area contributed by atoms with Crippen LogP contribution in [0.3, 0.4) is 0 Å². The summed E-state index contributed by atoms with van der Waals surface area (Å²) in [7, 11) is 0. The predicted octanol–water partition coefficient (Wildman–Crippen LogP) is 3.42. The standard InChI is InChI=1S/C29H27N5O5/c35-26(36)15-24(21-5-2-6-25-22(21)9-12-39-25)34-16-18-7-8-20(14-23(18)28(34)38)32-27(37)17-3-1-4-19(13-17)33-29-30-10-11-31-29/h1-8,13-14,24H,9-12,15-16H2,(H,32,37)(H,35,36)(H2,30,31,33). The van der Waals surface area contributed by atoms with E-state index in [0.29, 0.717) is 42.3 Å². The SMILES string of the molecule is O=C(O)CC(c1cccc2c1CCO2)N1Cc2ccc(NC(=O)c3cccc(NC4=NCCN4)c3)cc2C1=O. The minimum atomic E-state index is -0.985. The number of rotatable bonds is 7. The topological polar surface area (TPSA) is 132 Å². The third-order valence-electron chi connectivity index (χ3n) is 7.14. The maximum atomic E-state index is 13.6. The number of amides is 2. The fourth-order valence-electron chi connectivity index (χ4n) is 5.33. The molecule has 10 nitrogen and oxygen atoms in total. The second-order valence-corrected chi connectivity index (χ2v) is 9.66. The van der Waals surface area contributed by atoms with Crippen molar-refractivity contribution in [2.45, 2.75) is 25.4 Å². The molecule has 3 heterocycles. The first-order chi connectivity index (χ1) is 19.0. The van der Waals surface area contributed by atoms with E-state index < -0.39 is 12.0 Å². The summed E-state index contributed by atoms with van der Waals surface area (Å²) in [5.41, 5.74) is 4.66. The van der Waals surface area contributed by atoms with Gasteiger partial charge in [0.1, 0.15) is 5.75 Å². The van der Waals surface area contributed by atoms with Crippen LogP contribution in [0.1, 0.15) is 49.9 Å². The summed E-state index contributed by atoms with van der Waals surface area (Å²) in [5, 5.41) is 18.8. The summed E-state index contributed by atoms with van der Waals surface area (Å²) in [6.45, 7) is 2.30. The number of anilines is 2. The van der Waals surface area contributed by atoms with Crippen LogP contribution < -0.4 is 20.7 Å². The number of ether oxygens (including phenoxy) is 1. The van der Waals surface area contributed by atoms with Crippen molar-refractivity contribution >= 4 is 35.1 Å². The van der Waals surface area contributed by atoms with E-state index in [1.807, 2.05) is 24.3 Å². The molecule has 6 rings (SSSR count). The third kappa shape index (κ3) is 4.88. The van der Waals surface area contributed by atoms with Gasteiger partial charge in [0.05, 0.1) is 25.6 Å². The molecule has 198 valence electrons. The van der Waals surface area contributed by atoms with Crippen LogP contribution in [-0.2, 0) is 17.8 Å². The van der Waals surface area contributed by atoms with Crippen molar-refractivity contribution in [1.82, 2.24) is 10.2 Å². The number of benzene rings is 3. The Bertz CT molecular complexity index is 1520. The summed E-state index contributed by atoms with van der Waals surface area (Å²) in [4.78, 5) is 44.3. The molecular formula is C29H27N5O5. The first-order valence-electron chi connectivity index (χ1n) is 12.8.